The summed E-state index contributed by atoms with van der Waals surface area (Å²) in [4.78, 5) is 0. The Morgan fingerprint density at radius 1 is 0.446 bits per heavy atom. The van der Waals surface area contributed by atoms with E-state index >= 15 is 0 Å². The van der Waals surface area contributed by atoms with Crippen molar-refractivity contribution in [3.05, 3.63) is 187 Å². The van der Waals surface area contributed by atoms with Gasteiger partial charge in [0, 0.05) is 36.6 Å². The second kappa shape index (κ2) is 13.1. The Kier molecular flexibility index (Phi) is 7.69. The quantitative estimate of drug-likeness (QED) is 0.170. The van der Waals surface area contributed by atoms with E-state index in [1.165, 1.54) is 108 Å². The summed E-state index contributed by atoms with van der Waals surface area (Å²) in [5.74, 6) is 0. The number of allylic oxidation sites excluding steroid dienone is 4. The van der Waals surface area contributed by atoms with Gasteiger partial charge in [0.1, 0.15) is 0 Å². The van der Waals surface area contributed by atoms with E-state index < -0.39 is 0 Å². The first kappa shape index (κ1) is 32.9. The number of hydrogen-bond donors (Lipinski definition) is 0. The van der Waals surface area contributed by atoms with Gasteiger partial charge in [-0.25, -0.2) is 0 Å². The lowest BCUT2D eigenvalue weighted by atomic mass is 9.94. The minimum absolute atomic E-state index is 1.12. The maximum Gasteiger partial charge on any atom is 0.0541 e. The Morgan fingerprint density at radius 2 is 1.11 bits per heavy atom. The summed E-state index contributed by atoms with van der Waals surface area (Å²) in [6, 6.07) is 60.9. The number of hydrogen-bond acceptors (Lipinski definition) is 1. The SMILES string of the molecule is C1=CC2=C(CC1)c1cc3sc4ccc(-c5ccc6c(c5)c5ccccc5n6-c5cc(-c6ccccc6)cc(-c6ccccc6)c5)cc4c3c3cccc2c13.CC. The lowest BCUT2D eigenvalue weighted by Crippen LogP contribution is -1.96. The molecule has 0 N–H and O–H groups in total. The summed E-state index contributed by atoms with van der Waals surface area (Å²) in [6.07, 6.45) is 6.94. The molecule has 56 heavy (non-hydrogen) atoms. The van der Waals surface area contributed by atoms with E-state index in [0.29, 0.717) is 0 Å². The number of para-hydroxylation sites is 1. The molecule has 0 atom stereocenters. The first-order chi connectivity index (χ1) is 27.8. The fourth-order valence-corrected chi connectivity index (χ4v) is 10.5. The maximum atomic E-state index is 2.49. The fraction of sp³-hybridized carbons (Fsp3) is 0.0741. The van der Waals surface area contributed by atoms with E-state index in [-0.39, 0.29) is 0 Å². The molecule has 2 heterocycles. The summed E-state index contributed by atoms with van der Waals surface area (Å²) < 4.78 is 5.19. The molecule has 0 saturated heterocycles. The van der Waals surface area contributed by atoms with Gasteiger partial charge >= 0.3 is 0 Å². The highest BCUT2D eigenvalue weighted by molar-refractivity contribution is 7.26. The van der Waals surface area contributed by atoms with Crippen molar-refractivity contribution in [2.45, 2.75) is 26.7 Å². The predicted octanol–water partition coefficient (Wildman–Crippen LogP) is 15.9. The van der Waals surface area contributed by atoms with Crippen LogP contribution in [0.4, 0.5) is 0 Å². The van der Waals surface area contributed by atoms with Crippen molar-refractivity contribution in [2.24, 2.45) is 0 Å². The van der Waals surface area contributed by atoms with Gasteiger partial charge in [-0.3, -0.25) is 0 Å². The standard InChI is InChI=1S/C52H33NS.C2H6/c1-3-12-32(13-4-1)36-26-37(33-14-5-2-6-15-33)28-38(27-36)53-47-21-10-9-18-41(47)44-29-34(22-24-48(44)53)35-23-25-49-46(30-35)52-43-20-11-19-42-39-16-7-8-17-40(39)45(51(42)43)31-50(52)54-49;1-2/h1-7,9-16,18-31H,8,17H2;1-2H3. The van der Waals surface area contributed by atoms with Crippen molar-refractivity contribution in [1.29, 1.82) is 0 Å². The molecule has 0 aliphatic heterocycles. The zero-order valence-corrected chi connectivity index (χ0v) is 32.3. The molecular formula is C54H39NS. The Bertz CT molecular complexity index is 3190. The van der Waals surface area contributed by atoms with Gasteiger partial charge in [0.05, 0.1) is 11.0 Å². The van der Waals surface area contributed by atoms with Gasteiger partial charge < -0.3 is 4.57 Å². The fourth-order valence-electron chi connectivity index (χ4n) is 9.35. The van der Waals surface area contributed by atoms with Gasteiger partial charge in [0.25, 0.3) is 0 Å². The number of nitrogens with zero attached hydrogens (tertiary/aromatic N) is 1. The summed E-state index contributed by atoms with van der Waals surface area (Å²) in [6.45, 7) is 4.00. The van der Waals surface area contributed by atoms with Crippen LogP contribution in [0.15, 0.2) is 176 Å². The molecule has 0 bridgehead atoms. The Hall–Kier alpha value is -6.48. The van der Waals surface area contributed by atoms with Crippen LogP contribution in [0.5, 0.6) is 0 Å². The highest BCUT2D eigenvalue weighted by atomic mass is 32.1. The highest BCUT2D eigenvalue weighted by Crippen LogP contribution is 2.51. The number of fused-ring (bicyclic) bond motifs is 9. The molecule has 0 amide bonds. The molecule has 2 aromatic heterocycles. The summed E-state index contributed by atoms with van der Waals surface area (Å²) in [5.41, 5.74) is 16.7. The van der Waals surface area contributed by atoms with Crippen molar-refractivity contribution in [3.63, 3.8) is 0 Å². The number of aromatic nitrogens is 1. The van der Waals surface area contributed by atoms with Crippen LogP contribution in [0, 0.1) is 0 Å². The molecule has 2 heteroatoms. The van der Waals surface area contributed by atoms with E-state index in [9.17, 15) is 0 Å². The monoisotopic (exact) mass is 733 g/mol. The van der Waals surface area contributed by atoms with E-state index in [2.05, 4.69) is 181 Å². The molecule has 12 rings (SSSR count). The molecule has 1 nitrogen and oxygen atoms in total. The third-order valence-corrected chi connectivity index (χ3v) is 12.9. The first-order valence-electron chi connectivity index (χ1n) is 19.9. The van der Waals surface area contributed by atoms with Crippen LogP contribution < -0.4 is 0 Å². The number of benzene rings is 8. The molecule has 10 aromatic rings. The van der Waals surface area contributed by atoms with E-state index in [0.717, 1.165) is 18.5 Å². The number of thiophene rings is 1. The second-order valence-electron chi connectivity index (χ2n) is 14.8. The van der Waals surface area contributed by atoms with Gasteiger partial charge in [-0.2, -0.15) is 0 Å². The van der Waals surface area contributed by atoms with Gasteiger partial charge in [0.15, 0.2) is 0 Å². The van der Waals surface area contributed by atoms with Crippen LogP contribution in [-0.2, 0) is 0 Å². The van der Waals surface area contributed by atoms with E-state index in [1.807, 2.05) is 25.2 Å². The molecule has 0 unspecified atom stereocenters. The predicted molar refractivity (Wildman–Crippen MR) is 244 cm³/mol. The van der Waals surface area contributed by atoms with Crippen molar-refractivity contribution < 1.29 is 0 Å². The van der Waals surface area contributed by atoms with E-state index in [1.54, 1.807) is 0 Å². The van der Waals surface area contributed by atoms with Gasteiger partial charge in [-0.15, -0.1) is 11.3 Å². The molecule has 0 spiro atoms. The zero-order valence-electron chi connectivity index (χ0n) is 31.5. The van der Waals surface area contributed by atoms with Gasteiger partial charge in [-0.1, -0.05) is 135 Å². The van der Waals surface area contributed by atoms with Gasteiger partial charge in [-0.05, 0) is 134 Å². The Labute approximate surface area is 331 Å². The second-order valence-corrected chi connectivity index (χ2v) is 15.8. The Balaban J connectivity index is 0.00000179. The third kappa shape index (κ3) is 4.99. The molecule has 266 valence electrons. The minimum Gasteiger partial charge on any atom is -0.309 e. The largest absolute Gasteiger partial charge is 0.309 e. The van der Waals surface area contributed by atoms with Crippen molar-refractivity contribution in [3.8, 4) is 39.1 Å². The van der Waals surface area contributed by atoms with Crippen molar-refractivity contribution in [1.82, 2.24) is 4.57 Å². The first-order valence-corrected chi connectivity index (χ1v) is 20.7. The molecule has 0 radical (unpaired) electrons. The third-order valence-electron chi connectivity index (χ3n) is 11.8. The van der Waals surface area contributed by atoms with Crippen LogP contribution in [0.25, 0.3) is 103 Å². The summed E-state index contributed by atoms with van der Waals surface area (Å²) >= 11 is 1.93. The number of rotatable bonds is 4. The smallest absolute Gasteiger partial charge is 0.0541 e. The lowest BCUT2D eigenvalue weighted by Gasteiger charge is -2.14. The van der Waals surface area contributed by atoms with Crippen LogP contribution >= 0.6 is 11.3 Å². The molecule has 0 saturated carbocycles. The summed E-state index contributed by atoms with van der Waals surface area (Å²) in [5, 5.41) is 8.10. The molecule has 8 aromatic carbocycles. The summed E-state index contributed by atoms with van der Waals surface area (Å²) in [7, 11) is 0. The highest BCUT2D eigenvalue weighted by Gasteiger charge is 2.26. The van der Waals surface area contributed by atoms with Crippen LogP contribution in [-0.4, -0.2) is 4.57 Å². The maximum absolute atomic E-state index is 2.49. The average molecular weight is 734 g/mol. The van der Waals surface area contributed by atoms with Crippen molar-refractivity contribution in [2.75, 3.05) is 0 Å². The zero-order chi connectivity index (χ0) is 37.3. The molecule has 0 fully saturated rings. The van der Waals surface area contributed by atoms with Crippen molar-refractivity contribution >= 4 is 75.2 Å². The molecule has 2 aliphatic rings. The van der Waals surface area contributed by atoms with Crippen LogP contribution in [0.1, 0.15) is 37.8 Å². The lowest BCUT2D eigenvalue weighted by molar-refractivity contribution is 1.06. The Morgan fingerprint density at radius 3 is 1.88 bits per heavy atom. The van der Waals surface area contributed by atoms with E-state index in [4.69, 9.17) is 0 Å². The molecule has 2 aliphatic carbocycles. The topological polar surface area (TPSA) is 4.93 Å². The molecular weight excluding hydrogens is 695 g/mol. The minimum atomic E-state index is 1.12. The average Bonchev–Trinajstić information content (AvgIpc) is 3.93. The van der Waals surface area contributed by atoms with Crippen LogP contribution in [0.2, 0.25) is 0 Å². The van der Waals surface area contributed by atoms with Crippen LogP contribution in [0.3, 0.4) is 0 Å². The normalized spacial score (nSPS) is 13.2. The van der Waals surface area contributed by atoms with Gasteiger partial charge in [0.2, 0.25) is 0 Å².